The largest absolute Gasteiger partial charge is 0.471 e. The Morgan fingerprint density at radius 2 is 1.82 bits per heavy atom. The Bertz CT molecular complexity index is 868. The van der Waals surface area contributed by atoms with E-state index in [-0.39, 0.29) is 0 Å². The summed E-state index contributed by atoms with van der Waals surface area (Å²) in [5.41, 5.74) is 0.695. The molecule has 0 aliphatic heterocycles. The number of aromatic nitrogens is 4. The quantitative estimate of drug-likeness (QED) is 0.440. The molecule has 0 fully saturated rings. The standard InChI is InChI=1S/C15H12N4O3/c1-11(20)22-14-10-6-5-9-13(14)19-16-15(21)18(17-19)12-7-3-2-4-8-12/h2-10H,1H3/p+1. The van der Waals surface area contributed by atoms with Gasteiger partial charge >= 0.3 is 11.7 Å². The van der Waals surface area contributed by atoms with Crippen LogP contribution in [-0.4, -0.2) is 21.0 Å². The zero-order valence-corrected chi connectivity index (χ0v) is 11.8. The molecule has 0 amide bonds. The number of nitrogens with zero attached hydrogens (tertiary/aromatic N) is 3. The Balaban J connectivity index is 2.08. The molecule has 7 heteroatoms. The summed E-state index contributed by atoms with van der Waals surface area (Å²) < 4.78 is 6.35. The number of H-pyrrole nitrogens is 1. The number of esters is 1. The van der Waals surface area contributed by atoms with Gasteiger partial charge in [-0.2, -0.15) is 0 Å². The minimum atomic E-state index is -0.446. The van der Waals surface area contributed by atoms with Gasteiger partial charge in [0.25, 0.3) is 0 Å². The number of aromatic amines is 1. The minimum Gasteiger partial charge on any atom is -0.422 e. The second-order valence-corrected chi connectivity index (χ2v) is 4.53. The van der Waals surface area contributed by atoms with Gasteiger partial charge in [0.15, 0.2) is 11.4 Å². The van der Waals surface area contributed by atoms with Crippen LogP contribution >= 0.6 is 0 Å². The lowest BCUT2D eigenvalue weighted by Gasteiger charge is -2.02. The zero-order chi connectivity index (χ0) is 15.5. The van der Waals surface area contributed by atoms with Crippen molar-refractivity contribution in [3.63, 3.8) is 0 Å². The van der Waals surface area contributed by atoms with E-state index in [4.69, 9.17) is 4.74 Å². The molecule has 0 spiro atoms. The van der Waals surface area contributed by atoms with E-state index in [0.29, 0.717) is 17.1 Å². The molecule has 0 aliphatic rings. The third kappa shape index (κ3) is 2.64. The molecule has 0 atom stereocenters. The van der Waals surface area contributed by atoms with Crippen molar-refractivity contribution in [2.75, 3.05) is 0 Å². The number of carbonyl (C=O) groups excluding carboxylic acids is 1. The van der Waals surface area contributed by atoms with Crippen LogP contribution in [0.25, 0.3) is 11.4 Å². The van der Waals surface area contributed by atoms with Crippen LogP contribution < -0.4 is 15.2 Å². The summed E-state index contributed by atoms with van der Waals surface area (Å²) in [5.74, 6) is -0.133. The average Bonchev–Trinajstić information content (AvgIpc) is 2.90. The fourth-order valence-corrected chi connectivity index (χ4v) is 2.01. The van der Waals surface area contributed by atoms with Crippen molar-refractivity contribution in [2.24, 2.45) is 0 Å². The molecule has 1 aromatic heterocycles. The highest BCUT2D eigenvalue weighted by Crippen LogP contribution is 2.16. The number of nitrogens with one attached hydrogen (secondary N) is 1. The number of carbonyl (C=O) groups is 1. The molecule has 3 aromatic rings. The maximum absolute atomic E-state index is 12.1. The normalized spacial score (nSPS) is 10.4. The van der Waals surface area contributed by atoms with Gasteiger partial charge in [0, 0.05) is 6.92 Å². The van der Waals surface area contributed by atoms with Crippen LogP contribution in [0.15, 0.2) is 59.4 Å². The van der Waals surface area contributed by atoms with Crippen LogP contribution in [0.4, 0.5) is 0 Å². The lowest BCUT2D eigenvalue weighted by atomic mass is 10.3. The molecule has 0 saturated carbocycles. The van der Waals surface area contributed by atoms with Crippen molar-refractivity contribution in [2.45, 2.75) is 6.92 Å². The van der Waals surface area contributed by atoms with Gasteiger partial charge in [-0.05, 0) is 33.7 Å². The van der Waals surface area contributed by atoms with E-state index in [9.17, 15) is 9.59 Å². The van der Waals surface area contributed by atoms with Crippen molar-refractivity contribution >= 4 is 5.97 Å². The van der Waals surface area contributed by atoms with Gasteiger partial charge in [0.2, 0.25) is 5.69 Å². The molecule has 1 heterocycles. The highest BCUT2D eigenvalue weighted by atomic mass is 16.5. The van der Waals surface area contributed by atoms with Crippen LogP contribution in [0.1, 0.15) is 6.92 Å². The summed E-state index contributed by atoms with van der Waals surface area (Å²) in [5, 5.41) is 6.79. The lowest BCUT2D eigenvalue weighted by Crippen LogP contribution is -2.38. The summed E-state index contributed by atoms with van der Waals surface area (Å²) in [6.07, 6.45) is 0. The predicted octanol–water partition coefficient (Wildman–Crippen LogP) is 0.763. The van der Waals surface area contributed by atoms with Crippen molar-refractivity contribution < 1.29 is 14.3 Å². The number of tetrazole rings is 1. The van der Waals surface area contributed by atoms with Crippen molar-refractivity contribution in [1.29, 1.82) is 0 Å². The number of para-hydroxylation sites is 3. The van der Waals surface area contributed by atoms with Gasteiger partial charge in [-0.3, -0.25) is 4.79 Å². The molecule has 110 valence electrons. The Kier molecular flexibility index (Phi) is 3.53. The first kappa shape index (κ1) is 13.7. The molecular formula is C15H13N4O3+. The summed E-state index contributed by atoms with van der Waals surface area (Å²) in [6.45, 7) is 1.31. The van der Waals surface area contributed by atoms with Gasteiger partial charge in [-0.15, -0.1) is 5.10 Å². The number of hydrogen-bond acceptors (Lipinski definition) is 4. The summed E-state index contributed by atoms with van der Waals surface area (Å²) in [4.78, 5) is 24.5. The molecule has 0 radical (unpaired) electrons. The van der Waals surface area contributed by atoms with Gasteiger partial charge in [-0.25, -0.2) is 4.79 Å². The topological polar surface area (TPSA) is 80.9 Å². The third-order valence-electron chi connectivity index (χ3n) is 2.92. The molecular weight excluding hydrogens is 284 g/mol. The van der Waals surface area contributed by atoms with Crippen LogP contribution in [-0.2, 0) is 4.79 Å². The van der Waals surface area contributed by atoms with Crippen LogP contribution in [0.5, 0.6) is 5.75 Å². The highest BCUT2D eigenvalue weighted by Gasteiger charge is 2.20. The predicted molar refractivity (Wildman–Crippen MR) is 77.0 cm³/mol. The Morgan fingerprint density at radius 3 is 2.55 bits per heavy atom. The number of benzene rings is 2. The second kappa shape index (κ2) is 5.65. The lowest BCUT2D eigenvalue weighted by molar-refractivity contribution is -0.718. The third-order valence-corrected chi connectivity index (χ3v) is 2.92. The van der Waals surface area contributed by atoms with Crippen molar-refractivity contribution in [1.82, 2.24) is 15.0 Å². The smallest absolute Gasteiger partial charge is 0.422 e. The highest BCUT2D eigenvalue weighted by molar-refractivity contribution is 5.70. The van der Waals surface area contributed by atoms with E-state index in [1.54, 1.807) is 36.4 Å². The summed E-state index contributed by atoms with van der Waals surface area (Å²) in [6, 6.07) is 15.8. The molecule has 0 aliphatic carbocycles. The second-order valence-electron chi connectivity index (χ2n) is 4.53. The Hall–Kier alpha value is -3.22. The number of rotatable bonds is 3. The fourth-order valence-electron chi connectivity index (χ4n) is 2.01. The van der Waals surface area contributed by atoms with Crippen LogP contribution in [0, 0.1) is 0 Å². The molecule has 22 heavy (non-hydrogen) atoms. The first-order chi connectivity index (χ1) is 10.6. The molecule has 0 saturated heterocycles. The Labute approximate surface area is 125 Å². The molecule has 3 rings (SSSR count). The SMILES string of the molecule is CC(=O)Oc1ccccc1-[n+]1nn(-c2ccccc2)c(=O)[nH]1. The summed E-state index contributed by atoms with van der Waals surface area (Å²) >= 11 is 0. The van der Waals surface area contributed by atoms with Crippen molar-refractivity contribution in [3.8, 4) is 17.1 Å². The minimum absolute atomic E-state index is 0.314. The average molecular weight is 297 g/mol. The Morgan fingerprint density at radius 1 is 1.14 bits per heavy atom. The van der Waals surface area contributed by atoms with Gasteiger partial charge in [0.05, 0.1) is 0 Å². The maximum atomic E-state index is 12.1. The zero-order valence-electron chi connectivity index (χ0n) is 11.8. The fraction of sp³-hybridized carbons (Fsp3) is 0.0667. The number of ether oxygens (including phenoxy) is 1. The van der Waals surface area contributed by atoms with Crippen molar-refractivity contribution in [3.05, 3.63) is 65.1 Å². The van der Waals surface area contributed by atoms with Gasteiger partial charge < -0.3 is 4.74 Å². The van der Waals surface area contributed by atoms with Gasteiger partial charge in [-0.1, -0.05) is 30.3 Å². The van der Waals surface area contributed by atoms with E-state index in [0.717, 1.165) is 0 Å². The van der Waals surface area contributed by atoms with Crippen LogP contribution in [0.2, 0.25) is 0 Å². The molecule has 2 aromatic carbocycles. The van der Waals surface area contributed by atoms with E-state index in [1.807, 2.05) is 18.2 Å². The summed E-state index contributed by atoms with van der Waals surface area (Å²) in [7, 11) is 0. The first-order valence-electron chi connectivity index (χ1n) is 6.60. The van der Waals surface area contributed by atoms with E-state index >= 15 is 0 Å². The molecule has 1 N–H and O–H groups in total. The first-order valence-corrected chi connectivity index (χ1v) is 6.60. The van der Waals surface area contributed by atoms with E-state index in [1.165, 1.54) is 16.4 Å². The number of hydrogen-bond donors (Lipinski definition) is 1. The maximum Gasteiger partial charge on any atom is 0.471 e. The molecule has 0 bridgehead atoms. The molecule has 0 unspecified atom stereocenters. The van der Waals surface area contributed by atoms with E-state index < -0.39 is 11.7 Å². The monoisotopic (exact) mass is 297 g/mol. The van der Waals surface area contributed by atoms with Gasteiger partial charge in [0.1, 0.15) is 5.21 Å². The molecule has 7 nitrogen and oxygen atoms in total. The van der Waals surface area contributed by atoms with E-state index in [2.05, 4.69) is 10.3 Å². The van der Waals surface area contributed by atoms with Crippen LogP contribution in [0.3, 0.4) is 0 Å².